The average Bonchev–Trinajstić information content (AvgIpc) is 3.12. The lowest BCUT2D eigenvalue weighted by atomic mass is 10.1. The summed E-state index contributed by atoms with van der Waals surface area (Å²) in [5, 5.41) is 2.95. The van der Waals surface area contributed by atoms with Gasteiger partial charge in [-0.1, -0.05) is 29.8 Å². The number of ether oxygens (including phenoxy) is 2. The minimum atomic E-state index is -0.0705. The first-order valence-corrected chi connectivity index (χ1v) is 8.91. The molecule has 0 aromatic heterocycles. The lowest BCUT2D eigenvalue weighted by molar-refractivity contribution is 0.143. The van der Waals surface area contributed by atoms with Gasteiger partial charge in [-0.05, 0) is 24.6 Å². The first-order chi connectivity index (χ1) is 12.7. The summed E-state index contributed by atoms with van der Waals surface area (Å²) >= 11 is 0. The highest BCUT2D eigenvalue weighted by molar-refractivity contribution is 5.89. The predicted molar refractivity (Wildman–Crippen MR) is 99.6 cm³/mol. The number of nitrogens with one attached hydrogen (secondary N) is 1. The molecule has 2 amide bonds. The Bertz CT molecular complexity index is 783. The Morgan fingerprint density at radius 1 is 1.00 bits per heavy atom. The van der Waals surface area contributed by atoms with Crippen LogP contribution >= 0.6 is 0 Å². The molecule has 136 valence electrons. The topological polar surface area (TPSA) is 54.0 Å². The van der Waals surface area contributed by atoms with Crippen molar-refractivity contribution in [2.24, 2.45) is 0 Å². The molecule has 0 aliphatic carbocycles. The van der Waals surface area contributed by atoms with Crippen LogP contribution in [0, 0.1) is 6.92 Å². The number of urea groups is 1. The zero-order chi connectivity index (χ0) is 17.9. The van der Waals surface area contributed by atoms with Gasteiger partial charge in [0.2, 0.25) is 6.79 Å². The van der Waals surface area contributed by atoms with Crippen molar-refractivity contribution >= 4 is 11.7 Å². The van der Waals surface area contributed by atoms with E-state index in [4.69, 9.17) is 9.47 Å². The Morgan fingerprint density at radius 2 is 1.73 bits per heavy atom. The molecule has 1 saturated heterocycles. The number of piperazine rings is 1. The maximum atomic E-state index is 12.5. The van der Waals surface area contributed by atoms with E-state index in [1.54, 1.807) is 6.07 Å². The fourth-order valence-corrected chi connectivity index (χ4v) is 3.24. The quantitative estimate of drug-likeness (QED) is 0.921. The van der Waals surface area contributed by atoms with Crippen LogP contribution in [0.1, 0.15) is 11.1 Å². The third-order valence-corrected chi connectivity index (χ3v) is 4.81. The maximum Gasteiger partial charge on any atom is 0.321 e. The number of carbonyl (C=O) groups excluding carboxylic acids is 1. The molecule has 4 rings (SSSR count). The zero-order valence-electron chi connectivity index (χ0n) is 14.9. The number of hydrogen-bond acceptors (Lipinski definition) is 4. The van der Waals surface area contributed by atoms with Crippen LogP contribution in [-0.4, -0.2) is 48.8 Å². The standard InChI is InChI=1S/C20H23N3O3/c1-15-2-4-16(5-3-15)13-22-8-10-23(11-9-22)20(24)21-17-6-7-18-19(12-17)26-14-25-18/h2-7,12H,8-11,13-14H2,1H3,(H,21,24). The highest BCUT2D eigenvalue weighted by atomic mass is 16.7. The highest BCUT2D eigenvalue weighted by Crippen LogP contribution is 2.34. The molecule has 6 heteroatoms. The molecule has 2 aliphatic heterocycles. The van der Waals surface area contributed by atoms with Crippen LogP contribution in [0.5, 0.6) is 11.5 Å². The Balaban J connectivity index is 1.28. The molecule has 0 bridgehead atoms. The Morgan fingerprint density at radius 3 is 2.50 bits per heavy atom. The predicted octanol–water partition coefficient (Wildman–Crippen LogP) is 3.07. The molecular weight excluding hydrogens is 330 g/mol. The van der Waals surface area contributed by atoms with Crippen LogP contribution in [-0.2, 0) is 6.54 Å². The van der Waals surface area contributed by atoms with E-state index >= 15 is 0 Å². The normalized spacial score (nSPS) is 16.6. The Hall–Kier alpha value is -2.73. The SMILES string of the molecule is Cc1ccc(CN2CCN(C(=O)Nc3ccc4c(c3)OCO4)CC2)cc1. The summed E-state index contributed by atoms with van der Waals surface area (Å²) in [4.78, 5) is 16.7. The Kier molecular flexibility index (Phi) is 4.67. The number of anilines is 1. The van der Waals surface area contributed by atoms with Gasteiger partial charge in [-0.2, -0.15) is 0 Å². The molecule has 2 aromatic rings. The smallest absolute Gasteiger partial charge is 0.321 e. The van der Waals surface area contributed by atoms with Gasteiger partial charge in [0, 0.05) is 44.5 Å². The van der Waals surface area contributed by atoms with E-state index in [0.717, 1.165) is 38.4 Å². The molecule has 1 N–H and O–H groups in total. The van der Waals surface area contributed by atoms with E-state index < -0.39 is 0 Å². The number of fused-ring (bicyclic) bond motifs is 1. The summed E-state index contributed by atoms with van der Waals surface area (Å²) < 4.78 is 10.6. The minimum Gasteiger partial charge on any atom is -0.454 e. The summed E-state index contributed by atoms with van der Waals surface area (Å²) in [6.45, 7) is 6.46. The lowest BCUT2D eigenvalue weighted by Gasteiger charge is -2.34. The third kappa shape index (κ3) is 3.75. The van der Waals surface area contributed by atoms with Gasteiger partial charge in [0.1, 0.15) is 0 Å². The van der Waals surface area contributed by atoms with E-state index in [1.807, 2.05) is 17.0 Å². The van der Waals surface area contributed by atoms with Crippen molar-refractivity contribution < 1.29 is 14.3 Å². The minimum absolute atomic E-state index is 0.0705. The van der Waals surface area contributed by atoms with Crippen LogP contribution in [0.25, 0.3) is 0 Å². The van der Waals surface area contributed by atoms with Gasteiger partial charge in [-0.25, -0.2) is 4.79 Å². The molecule has 0 radical (unpaired) electrons. The number of rotatable bonds is 3. The van der Waals surface area contributed by atoms with Gasteiger partial charge in [0.15, 0.2) is 11.5 Å². The van der Waals surface area contributed by atoms with E-state index in [9.17, 15) is 4.79 Å². The maximum absolute atomic E-state index is 12.5. The van der Waals surface area contributed by atoms with E-state index in [-0.39, 0.29) is 12.8 Å². The van der Waals surface area contributed by atoms with Crippen LogP contribution in [0.2, 0.25) is 0 Å². The summed E-state index contributed by atoms with van der Waals surface area (Å²) in [5.74, 6) is 1.39. The summed E-state index contributed by atoms with van der Waals surface area (Å²) in [7, 11) is 0. The van der Waals surface area contributed by atoms with E-state index in [0.29, 0.717) is 11.5 Å². The largest absolute Gasteiger partial charge is 0.454 e. The van der Waals surface area contributed by atoms with Crippen molar-refractivity contribution in [2.45, 2.75) is 13.5 Å². The molecule has 0 saturated carbocycles. The fourth-order valence-electron chi connectivity index (χ4n) is 3.24. The van der Waals surface area contributed by atoms with Crippen molar-refractivity contribution in [3.05, 3.63) is 53.6 Å². The molecule has 2 heterocycles. The monoisotopic (exact) mass is 353 g/mol. The van der Waals surface area contributed by atoms with Crippen molar-refractivity contribution in [3.63, 3.8) is 0 Å². The van der Waals surface area contributed by atoms with Crippen LogP contribution in [0.15, 0.2) is 42.5 Å². The zero-order valence-corrected chi connectivity index (χ0v) is 14.9. The van der Waals surface area contributed by atoms with Gasteiger partial charge >= 0.3 is 6.03 Å². The van der Waals surface area contributed by atoms with Gasteiger partial charge in [0.25, 0.3) is 0 Å². The second-order valence-electron chi connectivity index (χ2n) is 6.75. The van der Waals surface area contributed by atoms with Gasteiger partial charge in [-0.3, -0.25) is 4.90 Å². The Labute approximate surface area is 153 Å². The van der Waals surface area contributed by atoms with Gasteiger partial charge in [-0.15, -0.1) is 0 Å². The molecule has 2 aliphatic rings. The number of aryl methyl sites for hydroxylation is 1. The van der Waals surface area contributed by atoms with Crippen molar-refractivity contribution in [2.75, 3.05) is 38.3 Å². The number of nitrogens with zero attached hydrogens (tertiary/aromatic N) is 2. The molecule has 6 nitrogen and oxygen atoms in total. The van der Waals surface area contributed by atoms with Crippen LogP contribution in [0.4, 0.5) is 10.5 Å². The highest BCUT2D eigenvalue weighted by Gasteiger charge is 2.22. The van der Waals surface area contributed by atoms with Crippen LogP contribution in [0.3, 0.4) is 0 Å². The number of carbonyl (C=O) groups is 1. The molecule has 1 fully saturated rings. The average molecular weight is 353 g/mol. The molecule has 2 aromatic carbocycles. The lowest BCUT2D eigenvalue weighted by Crippen LogP contribution is -2.49. The van der Waals surface area contributed by atoms with Gasteiger partial charge < -0.3 is 19.7 Å². The van der Waals surface area contributed by atoms with Crippen molar-refractivity contribution in [3.8, 4) is 11.5 Å². The molecule has 0 unspecified atom stereocenters. The summed E-state index contributed by atoms with van der Waals surface area (Å²) in [6, 6.07) is 14.0. The number of amides is 2. The van der Waals surface area contributed by atoms with E-state index in [2.05, 4.69) is 41.4 Å². The molecule has 0 spiro atoms. The first-order valence-electron chi connectivity index (χ1n) is 8.91. The first kappa shape index (κ1) is 16.7. The molecular formula is C20H23N3O3. The van der Waals surface area contributed by atoms with Crippen molar-refractivity contribution in [1.29, 1.82) is 0 Å². The van der Waals surface area contributed by atoms with Crippen LogP contribution < -0.4 is 14.8 Å². The second kappa shape index (κ2) is 7.25. The summed E-state index contributed by atoms with van der Waals surface area (Å²) in [6.07, 6.45) is 0. The number of benzene rings is 2. The molecule has 0 atom stereocenters. The van der Waals surface area contributed by atoms with Gasteiger partial charge in [0.05, 0.1) is 0 Å². The second-order valence-corrected chi connectivity index (χ2v) is 6.75. The third-order valence-electron chi connectivity index (χ3n) is 4.81. The fraction of sp³-hybridized carbons (Fsp3) is 0.350. The molecule has 26 heavy (non-hydrogen) atoms. The summed E-state index contributed by atoms with van der Waals surface area (Å²) in [5.41, 5.74) is 3.31. The van der Waals surface area contributed by atoms with E-state index in [1.165, 1.54) is 11.1 Å². The number of hydrogen-bond donors (Lipinski definition) is 1. The van der Waals surface area contributed by atoms with Crippen molar-refractivity contribution in [1.82, 2.24) is 9.80 Å².